The molecule has 0 bridgehead atoms. The molecule has 16 heavy (non-hydrogen) atoms. The number of nitrogens with zero attached hydrogens (tertiary/aromatic N) is 2. The fourth-order valence-corrected chi connectivity index (χ4v) is 1.53. The van der Waals surface area contributed by atoms with E-state index in [0.717, 1.165) is 5.56 Å². The van der Waals surface area contributed by atoms with Crippen LogP contribution in [0.5, 0.6) is 0 Å². The second-order valence-electron chi connectivity index (χ2n) is 3.31. The summed E-state index contributed by atoms with van der Waals surface area (Å²) in [5, 5.41) is 12.3. The molecule has 4 heteroatoms. The first-order valence-corrected chi connectivity index (χ1v) is 4.68. The van der Waals surface area contributed by atoms with Gasteiger partial charge < -0.3 is 4.52 Å². The predicted octanol–water partition coefficient (Wildman–Crippen LogP) is 2.33. The number of hydrogen-bond donors (Lipinski definition) is 0. The van der Waals surface area contributed by atoms with E-state index in [1.165, 1.54) is 0 Å². The first kappa shape index (κ1) is 10.1. The van der Waals surface area contributed by atoms with E-state index in [9.17, 15) is 4.79 Å². The van der Waals surface area contributed by atoms with Gasteiger partial charge >= 0.3 is 0 Å². The number of carbonyl (C=O) groups is 1. The Kier molecular flexibility index (Phi) is 2.52. The molecule has 2 aromatic rings. The maximum absolute atomic E-state index is 10.8. The first-order chi connectivity index (χ1) is 7.76. The zero-order valence-electron chi connectivity index (χ0n) is 8.60. The van der Waals surface area contributed by atoms with Crippen LogP contribution < -0.4 is 0 Å². The summed E-state index contributed by atoms with van der Waals surface area (Å²) in [5.74, 6) is 0.590. The van der Waals surface area contributed by atoms with Gasteiger partial charge in [0.25, 0.3) is 0 Å². The fourth-order valence-electron chi connectivity index (χ4n) is 1.53. The van der Waals surface area contributed by atoms with Crippen LogP contribution in [-0.4, -0.2) is 11.4 Å². The molecule has 0 fully saturated rings. The van der Waals surface area contributed by atoms with Crippen molar-refractivity contribution in [2.24, 2.45) is 0 Å². The monoisotopic (exact) mass is 212 g/mol. The predicted molar refractivity (Wildman–Crippen MR) is 56.8 cm³/mol. The molecule has 0 spiro atoms. The topological polar surface area (TPSA) is 66.9 Å². The molecule has 0 aliphatic carbocycles. The summed E-state index contributed by atoms with van der Waals surface area (Å²) in [4.78, 5) is 10.8. The van der Waals surface area contributed by atoms with Gasteiger partial charge in [0.1, 0.15) is 5.76 Å². The molecule has 0 amide bonds. The van der Waals surface area contributed by atoms with Gasteiger partial charge in [-0.25, -0.2) is 0 Å². The molecule has 0 saturated carbocycles. The van der Waals surface area contributed by atoms with E-state index in [0.29, 0.717) is 23.2 Å². The molecule has 0 N–H and O–H groups in total. The van der Waals surface area contributed by atoms with Gasteiger partial charge in [-0.15, -0.1) is 0 Å². The maximum Gasteiger partial charge on any atom is 0.172 e. The van der Waals surface area contributed by atoms with Crippen LogP contribution in [0.15, 0.2) is 28.8 Å². The van der Waals surface area contributed by atoms with Gasteiger partial charge in [0.2, 0.25) is 0 Å². The van der Waals surface area contributed by atoms with Crippen molar-refractivity contribution in [1.29, 1.82) is 5.26 Å². The Bertz CT molecular complexity index is 562. The number of carbonyl (C=O) groups excluding carboxylic acids is 1. The standard InChI is InChI=1S/C12H8N2O2/c1-8-12(11(7-15)14-16-8)10-4-2-9(6-13)3-5-10/h2-5,7H,1H3. The van der Waals surface area contributed by atoms with E-state index in [1.54, 1.807) is 31.2 Å². The zero-order valence-corrected chi connectivity index (χ0v) is 8.60. The van der Waals surface area contributed by atoms with E-state index in [2.05, 4.69) is 5.16 Å². The van der Waals surface area contributed by atoms with Crippen LogP contribution in [0.3, 0.4) is 0 Å². The van der Waals surface area contributed by atoms with Crippen molar-refractivity contribution < 1.29 is 9.32 Å². The van der Waals surface area contributed by atoms with E-state index in [4.69, 9.17) is 9.78 Å². The molecular weight excluding hydrogens is 204 g/mol. The van der Waals surface area contributed by atoms with Gasteiger partial charge in [0.15, 0.2) is 12.0 Å². The highest BCUT2D eigenvalue weighted by molar-refractivity contribution is 5.86. The summed E-state index contributed by atoms with van der Waals surface area (Å²) in [7, 11) is 0. The van der Waals surface area contributed by atoms with Crippen molar-refractivity contribution in [1.82, 2.24) is 5.16 Å². The van der Waals surface area contributed by atoms with Crippen molar-refractivity contribution >= 4 is 6.29 Å². The van der Waals surface area contributed by atoms with Crippen LogP contribution in [0.25, 0.3) is 11.1 Å². The summed E-state index contributed by atoms with van der Waals surface area (Å²) in [6.07, 6.45) is 0.657. The van der Waals surface area contributed by atoms with Crippen molar-refractivity contribution in [3.63, 3.8) is 0 Å². The van der Waals surface area contributed by atoms with Crippen LogP contribution in [-0.2, 0) is 0 Å². The van der Waals surface area contributed by atoms with E-state index >= 15 is 0 Å². The SMILES string of the molecule is Cc1onc(C=O)c1-c1ccc(C#N)cc1. The second-order valence-corrected chi connectivity index (χ2v) is 3.31. The summed E-state index contributed by atoms with van der Waals surface area (Å²) < 4.78 is 4.95. The number of aldehydes is 1. The lowest BCUT2D eigenvalue weighted by Gasteiger charge is -1.98. The maximum atomic E-state index is 10.8. The Hall–Kier alpha value is -2.41. The van der Waals surface area contributed by atoms with E-state index < -0.39 is 0 Å². The molecule has 0 saturated heterocycles. The molecule has 1 heterocycles. The normalized spacial score (nSPS) is 9.75. The van der Waals surface area contributed by atoms with Gasteiger partial charge in [-0.1, -0.05) is 17.3 Å². The van der Waals surface area contributed by atoms with Gasteiger partial charge in [-0.2, -0.15) is 5.26 Å². The average Bonchev–Trinajstić information content (AvgIpc) is 2.70. The number of aryl methyl sites for hydroxylation is 1. The quantitative estimate of drug-likeness (QED) is 0.716. The molecule has 0 unspecified atom stereocenters. The van der Waals surface area contributed by atoms with E-state index in [-0.39, 0.29) is 5.69 Å². The third-order valence-electron chi connectivity index (χ3n) is 2.30. The molecule has 4 nitrogen and oxygen atoms in total. The van der Waals surface area contributed by atoms with Gasteiger partial charge in [0.05, 0.1) is 17.2 Å². The highest BCUT2D eigenvalue weighted by atomic mass is 16.5. The number of hydrogen-bond acceptors (Lipinski definition) is 4. The summed E-state index contributed by atoms with van der Waals surface area (Å²) in [6, 6.07) is 8.95. The number of benzene rings is 1. The third kappa shape index (κ3) is 1.59. The van der Waals surface area contributed by atoms with Crippen LogP contribution in [0.4, 0.5) is 0 Å². The number of aromatic nitrogens is 1. The molecule has 0 aliphatic heterocycles. The van der Waals surface area contributed by atoms with E-state index in [1.807, 2.05) is 6.07 Å². The van der Waals surface area contributed by atoms with Crippen LogP contribution in [0.1, 0.15) is 21.8 Å². The van der Waals surface area contributed by atoms with Gasteiger partial charge in [0, 0.05) is 0 Å². The van der Waals surface area contributed by atoms with Gasteiger partial charge in [-0.3, -0.25) is 4.79 Å². The molecule has 1 aromatic carbocycles. The lowest BCUT2D eigenvalue weighted by Crippen LogP contribution is -1.86. The highest BCUT2D eigenvalue weighted by Gasteiger charge is 2.13. The molecule has 0 radical (unpaired) electrons. The van der Waals surface area contributed by atoms with Crippen molar-refractivity contribution in [2.45, 2.75) is 6.92 Å². The Morgan fingerprint density at radius 3 is 2.62 bits per heavy atom. The minimum absolute atomic E-state index is 0.280. The minimum Gasteiger partial charge on any atom is -0.360 e. The zero-order chi connectivity index (χ0) is 11.5. The Labute approximate surface area is 92.1 Å². The number of rotatable bonds is 2. The molecule has 78 valence electrons. The summed E-state index contributed by atoms with van der Waals surface area (Å²) in [6.45, 7) is 1.74. The Balaban J connectivity index is 2.54. The summed E-state index contributed by atoms with van der Waals surface area (Å²) >= 11 is 0. The van der Waals surface area contributed by atoms with Crippen LogP contribution >= 0.6 is 0 Å². The fraction of sp³-hybridized carbons (Fsp3) is 0.0833. The third-order valence-corrected chi connectivity index (χ3v) is 2.30. The Morgan fingerprint density at radius 1 is 1.38 bits per heavy atom. The minimum atomic E-state index is 0.280. The smallest absolute Gasteiger partial charge is 0.172 e. The molecule has 2 rings (SSSR count). The lowest BCUT2D eigenvalue weighted by molar-refractivity contribution is 0.111. The molecule has 0 atom stereocenters. The lowest BCUT2D eigenvalue weighted by atomic mass is 10.0. The summed E-state index contributed by atoms with van der Waals surface area (Å²) in [5.41, 5.74) is 2.35. The molecule has 0 aliphatic rings. The van der Waals surface area contributed by atoms with Crippen molar-refractivity contribution in [2.75, 3.05) is 0 Å². The van der Waals surface area contributed by atoms with Crippen LogP contribution in [0, 0.1) is 18.3 Å². The van der Waals surface area contributed by atoms with Gasteiger partial charge in [-0.05, 0) is 24.6 Å². The second kappa shape index (κ2) is 3.99. The first-order valence-electron chi connectivity index (χ1n) is 4.68. The van der Waals surface area contributed by atoms with Crippen LogP contribution in [0.2, 0.25) is 0 Å². The average molecular weight is 212 g/mol. The largest absolute Gasteiger partial charge is 0.360 e. The molecular formula is C12H8N2O2. The van der Waals surface area contributed by atoms with Crippen molar-refractivity contribution in [3.8, 4) is 17.2 Å². The van der Waals surface area contributed by atoms with Crippen molar-refractivity contribution in [3.05, 3.63) is 41.3 Å². The number of nitriles is 1. The Morgan fingerprint density at radius 2 is 2.06 bits per heavy atom. The molecule has 1 aromatic heterocycles. The highest BCUT2D eigenvalue weighted by Crippen LogP contribution is 2.26.